The predicted molar refractivity (Wildman–Crippen MR) is 87.6 cm³/mol. The van der Waals surface area contributed by atoms with E-state index >= 15 is 0 Å². The van der Waals surface area contributed by atoms with Crippen LogP contribution in [0.25, 0.3) is 0 Å². The number of hydrogen-bond acceptors (Lipinski definition) is 4. The van der Waals surface area contributed by atoms with Gasteiger partial charge in [0.05, 0.1) is 6.61 Å². The van der Waals surface area contributed by atoms with E-state index in [0.717, 1.165) is 25.4 Å². The van der Waals surface area contributed by atoms with E-state index < -0.39 is 0 Å². The molecule has 1 saturated heterocycles. The van der Waals surface area contributed by atoms with Gasteiger partial charge in [-0.05, 0) is 52.1 Å². The quantitative estimate of drug-likeness (QED) is 0.873. The van der Waals surface area contributed by atoms with Gasteiger partial charge in [-0.3, -0.25) is 4.90 Å². The molecule has 1 aliphatic heterocycles. The van der Waals surface area contributed by atoms with Crippen molar-refractivity contribution in [3.63, 3.8) is 0 Å². The fourth-order valence-corrected chi connectivity index (χ4v) is 2.92. The van der Waals surface area contributed by atoms with Gasteiger partial charge < -0.3 is 15.4 Å². The summed E-state index contributed by atoms with van der Waals surface area (Å²) in [4.78, 5) is 4.83. The number of nitrogens with two attached hydrogens (primary N) is 1. The normalized spacial score (nSPS) is 21.0. The van der Waals surface area contributed by atoms with Crippen LogP contribution in [0, 0.1) is 0 Å². The van der Waals surface area contributed by atoms with Crippen LogP contribution in [-0.4, -0.2) is 49.6 Å². The number of likely N-dealkylation sites (tertiary alicyclic amines) is 1. The molecule has 1 aliphatic rings. The highest BCUT2D eigenvalue weighted by molar-refractivity contribution is 5.38. The Bertz CT molecular complexity index is 459. The monoisotopic (exact) mass is 291 g/mol. The maximum atomic E-state index is 6.02. The minimum absolute atomic E-state index is 0.0625. The average molecular weight is 291 g/mol. The average Bonchev–Trinajstić information content (AvgIpc) is 2.89. The molecule has 0 aliphatic carbocycles. The molecule has 0 aromatic heterocycles. The summed E-state index contributed by atoms with van der Waals surface area (Å²) < 4.78 is 5.78. The summed E-state index contributed by atoms with van der Waals surface area (Å²) in [5.41, 5.74) is 8.45. The van der Waals surface area contributed by atoms with Gasteiger partial charge in [-0.2, -0.15) is 0 Å². The fourth-order valence-electron chi connectivity index (χ4n) is 2.92. The van der Waals surface area contributed by atoms with Gasteiger partial charge in [0, 0.05) is 37.3 Å². The van der Waals surface area contributed by atoms with Crippen molar-refractivity contribution >= 4 is 0 Å². The van der Waals surface area contributed by atoms with E-state index in [9.17, 15) is 0 Å². The Balaban J connectivity index is 2.12. The van der Waals surface area contributed by atoms with Crippen molar-refractivity contribution in [3.05, 3.63) is 29.3 Å². The zero-order valence-corrected chi connectivity index (χ0v) is 13.8. The third-order valence-electron chi connectivity index (χ3n) is 4.28. The molecule has 4 nitrogen and oxygen atoms in total. The minimum Gasteiger partial charge on any atom is -0.494 e. The molecular formula is C17H29N3O. The summed E-state index contributed by atoms with van der Waals surface area (Å²) in [7, 11) is 4.33. The molecule has 0 spiro atoms. The predicted octanol–water partition coefficient (Wildman–Crippen LogP) is 2.24. The maximum Gasteiger partial charge on any atom is 0.123 e. The van der Waals surface area contributed by atoms with Crippen LogP contribution < -0.4 is 10.5 Å². The minimum atomic E-state index is 0.0625. The Morgan fingerprint density at radius 3 is 2.76 bits per heavy atom. The van der Waals surface area contributed by atoms with E-state index in [0.29, 0.717) is 12.6 Å². The van der Waals surface area contributed by atoms with Crippen molar-refractivity contribution in [1.82, 2.24) is 9.80 Å². The van der Waals surface area contributed by atoms with E-state index in [2.05, 4.69) is 42.1 Å². The van der Waals surface area contributed by atoms with E-state index in [1.54, 1.807) is 0 Å². The summed E-state index contributed by atoms with van der Waals surface area (Å²) in [5.74, 6) is 0.996. The molecule has 2 unspecified atom stereocenters. The molecule has 0 amide bonds. The van der Waals surface area contributed by atoms with Crippen LogP contribution in [0.5, 0.6) is 5.75 Å². The zero-order valence-electron chi connectivity index (χ0n) is 13.8. The van der Waals surface area contributed by atoms with E-state index in [-0.39, 0.29) is 6.04 Å². The summed E-state index contributed by atoms with van der Waals surface area (Å²) in [5, 5.41) is 0. The van der Waals surface area contributed by atoms with Crippen LogP contribution >= 0.6 is 0 Å². The summed E-state index contributed by atoms with van der Waals surface area (Å²) >= 11 is 0. The number of likely N-dealkylation sites (N-methyl/N-ethyl adjacent to an activating group) is 1. The smallest absolute Gasteiger partial charge is 0.123 e. The van der Waals surface area contributed by atoms with Crippen LogP contribution in [0.15, 0.2) is 18.2 Å². The lowest BCUT2D eigenvalue weighted by Crippen LogP contribution is -2.31. The topological polar surface area (TPSA) is 41.7 Å². The van der Waals surface area contributed by atoms with Crippen LogP contribution in [0.3, 0.4) is 0 Å². The Morgan fingerprint density at radius 2 is 2.19 bits per heavy atom. The highest BCUT2D eigenvalue weighted by Gasteiger charge is 2.24. The van der Waals surface area contributed by atoms with Gasteiger partial charge in [0.1, 0.15) is 5.75 Å². The van der Waals surface area contributed by atoms with Gasteiger partial charge in [0.25, 0.3) is 0 Å². The number of ether oxygens (including phenoxy) is 1. The molecular weight excluding hydrogens is 262 g/mol. The highest BCUT2D eigenvalue weighted by Crippen LogP contribution is 2.26. The summed E-state index contributed by atoms with van der Waals surface area (Å²) in [6.45, 7) is 7.97. The summed E-state index contributed by atoms with van der Waals surface area (Å²) in [6.07, 6.45) is 1.24. The molecule has 21 heavy (non-hydrogen) atoms. The fraction of sp³-hybridized carbons (Fsp3) is 0.647. The van der Waals surface area contributed by atoms with Gasteiger partial charge in [-0.1, -0.05) is 6.07 Å². The number of benzene rings is 1. The van der Waals surface area contributed by atoms with E-state index in [4.69, 9.17) is 10.5 Å². The van der Waals surface area contributed by atoms with Gasteiger partial charge in [0.2, 0.25) is 0 Å². The molecule has 2 rings (SSSR count). The molecule has 0 saturated carbocycles. The Morgan fingerprint density at radius 1 is 1.43 bits per heavy atom. The number of nitrogens with zero attached hydrogens (tertiary/aromatic N) is 2. The van der Waals surface area contributed by atoms with E-state index in [1.165, 1.54) is 17.5 Å². The molecule has 2 atom stereocenters. The molecule has 1 aromatic rings. The van der Waals surface area contributed by atoms with Crippen molar-refractivity contribution in [2.45, 2.75) is 38.9 Å². The van der Waals surface area contributed by atoms with Crippen LogP contribution in [0.1, 0.15) is 37.4 Å². The molecule has 4 heteroatoms. The van der Waals surface area contributed by atoms with Crippen molar-refractivity contribution in [3.8, 4) is 5.75 Å². The Kier molecular flexibility index (Phi) is 5.62. The van der Waals surface area contributed by atoms with Crippen molar-refractivity contribution < 1.29 is 4.74 Å². The standard InChI is InChI=1S/C17H29N3O/c1-5-21-17-7-6-14(13(2)18)10-15(17)11-20-9-8-16(12-20)19(3)4/h6-7,10,13,16H,5,8-9,11-12,18H2,1-4H3. The van der Waals surface area contributed by atoms with Gasteiger partial charge in [0.15, 0.2) is 0 Å². The van der Waals surface area contributed by atoms with E-state index in [1.807, 2.05) is 13.8 Å². The third kappa shape index (κ3) is 4.19. The molecule has 118 valence electrons. The number of hydrogen-bond donors (Lipinski definition) is 1. The molecule has 2 N–H and O–H groups in total. The first-order valence-corrected chi connectivity index (χ1v) is 7.91. The van der Waals surface area contributed by atoms with Crippen molar-refractivity contribution in [2.24, 2.45) is 5.73 Å². The van der Waals surface area contributed by atoms with Crippen LogP contribution in [0.4, 0.5) is 0 Å². The summed E-state index contributed by atoms with van der Waals surface area (Å²) in [6, 6.07) is 7.08. The second-order valence-corrected chi connectivity index (χ2v) is 6.23. The molecule has 0 radical (unpaired) electrons. The van der Waals surface area contributed by atoms with Crippen LogP contribution in [-0.2, 0) is 6.54 Å². The van der Waals surface area contributed by atoms with Gasteiger partial charge in [-0.15, -0.1) is 0 Å². The number of rotatable bonds is 6. The van der Waals surface area contributed by atoms with Crippen molar-refractivity contribution in [2.75, 3.05) is 33.8 Å². The third-order valence-corrected chi connectivity index (χ3v) is 4.28. The van der Waals surface area contributed by atoms with Crippen LogP contribution in [0.2, 0.25) is 0 Å². The first-order chi connectivity index (χ1) is 10.0. The first-order valence-electron chi connectivity index (χ1n) is 7.91. The molecule has 1 aromatic carbocycles. The lowest BCUT2D eigenvalue weighted by Gasteiger charge is -2.22. The largest absolute Gasteiger partial charge is 0.494 e. The second-order valence-electron chi connectivity index (χ2n) is 6.23. The first kappa shape index (κ1) is 16.3. The molecule has 1 fully saturated rings. The molecule has 0 bridgehead atoms. The Hall–Kier alpha value is -1.10. The lowest BCUT2D eigenvalue weighted by molar-refractivity contribution is 0.260. The Labute approximate surface area is 128 Å². The molecule has 1 heterocycles. The highest BCUT2D eigenvalue weighted by atomic mass is 16.5. The second kappa shape index (κ2) is 7.25. The van der Waals surface area contributed by atoms with Gasteiger partial charge >= 0.3 is 0 Å². The lowest BCUT2D eigenvalue weighted by atomic mass is 10.0. The zero-order chi connectivity index (χ0) is 15.4. The maximum absolute atomic E-state index is 6.02. The van der Waals surface area contributed by atoms with Crippen molar-refractivity contribution in [1.29, 1.82) is 0 Å². The SMILES string of the molecule is CCOc1ccc(C(C)N)cc1CN1CCC(N(C)C)C1. The van der Waals surface area contributed by atoms with Gasteiger partial charge in [-0.25, -0.2) is 0 Å².